The van der Waals surface area contributed by atoms with E-state index in [0.717, 1.165) is 0 Å². The SMILES string of the molecule is NCc1nc2ccc([N+](=O)[O-])cc2[nH]1. The second kappa shape index (κ2) is 3.08. The van der Waals surface area contributed by atoms with Gasteiger partial charge >= 0.3 is 0 Å². The van der Waals surface area contributed by atoms with Crippen LogP contribution in [0, 0.1) is 10.1 Å². The normalized spacial score (nSPS) is 10.6. The number of aromatic nitrogens is 2. The molecule has 1 heterocycles. The highest BCUT2D eigenvalue weighted by Gasteiger charge is 2.08. The predicted molar refractivity (Wildman–Crippen MR) is 50.6 cm³/mol. The average Bonchev–Trinajstić information content (AvgIpc) is 2.58. The van der Waals surface area contributed by atoms with Crippen LogP contribution in [0.25, 0.3) is 11.0 Å². The summed E-state index contributed by atoms with van der Waals surface area (Å²) in [4.78, 5) is 17.1. The second-order valence-electron chi connectivity index (χ2n) is 2.85. The average molecular weight is 192 g/mol. The summed E-state index contributed by atoms with van der Waals surface area (Å²) >= 11 is 0. The zero-order valence-electron chi connectivity index (χ0n) is 7.23. The number of rotatable bonds is 2. The first-order valence-corrected chi connectivity index (χ1v) is 4.04. The fourth-order valence-corrected chi connectivity index (χ4v) is 1.26. The third kappa shape index (κ3) is 1.31. The molecule has 0 fully saturated rings. The molecule has 0 bridgehead atoms. The molecule has 0 unspecified atom stereocenters. The number of nitrogens with one attached hydrogen (secondary N) is 1. The smallest absolute Gasteiger partial charge is 0.271 e. The third-order valence-electron chi connectivity index (χ3n) is 1.92. The van der Waals surface area contributed by atoms with Gasteiger partial charge in [0.1, 0.15) is 5.82 Å². The first kappa shape index (κ1) is 8.64. The summed E-state index contributed by atoms with van der Waals surface area (Å²) in [5, 5.41) is 10.5. The molecule has 0 saturated heterocycles. The van der Waals surface area contributed by atoms with Crippen molar-refractivity contribution in [3.05, 3.63) is 34.1 Å². The number of nitro benzene ring substituents is 1. The van der Waals surface area contributed by atoms with Crippen molar-refractivity contribution in [2.45, 2.75) is 6.54 Å². The van der Waals surface area contributed by atoms with E-state index in [0.29, 0.717) is 23.4 Å². The molecule has 0 saturated carbocycles. The van der Waals surface area contributed by atoms with Crippen molar-refractivity contribution in [3.63, 3.8) is 0 Å². The molecule has 2 aromatic rings. The van der Waals surface area contributed by atoms with Crippen molar-refractivity contribution < 1.29 is 4.92 Å². The van der Waals surface area contributed by atoms with Crippen LogP contribution in [0.1, 0.15) is 5.82 Å². The van der Waals surface area contributed by atoms with E-state index in [2.05, 4.69) is 9.97 Å². The first-order valence-electron chi connectivity index (χ1n) is 4.04. The van der Waals surface area contributed by atoms with Crippen LogP contribution in [0.5, 0.6) is 0 Å². The van der Waals surface area contributed by atoms with E-state index >= 15 is 0 Å². The Kier molecular flexibility index (Phi) is 1.90. The summed E-state index contributed by atoms with van der Waals surface area (Å²) in [5.41, 5.74) is 6.76. The lowest BCUT2D eigenvalue weighted by Crippen LogP contribution is -1.97. The van der Waals surface area contributed by atoms with Crippen LogP contribution < -0.4 is 5.73 Å². The largest absolute Gasteiger partial charge is 0.341 e. The molecule has 1 aromatic carbocycles. The van der Waals surface area contributed by atoms with Crippen LogP contribution in [-0.4, -0.2) is 14.9 Å². The molecule has 6 nitrogen and oxygen atoms in total. The van der Waals surface area contributed by atoms with Gasteiger partial charge in [0.15, 0.2) is 0 Å². The lowest BCUT2D eigenvalue weighted by molar-refractivity contribution is -0.384. The Bertz CT molecular complexity index is 491. The van der Waals surface area contributed by atoms with Crippen molar-refractivity contribution in [2.24, 2.45) is 5.73 Å². The van der Waals surface area contributed by atoms with Crippen LogP contribution in [-0.2, 0) is 6.54 Å². The third-order valence-corrected chi connectivity index (χ3v) is 1.92. The standard InChI is InChI=1S/C8H8N4O2/c9-4-8-10-6-2-1-5(12(13)14)3-7(6)11-8/h1-3H,4,9H2,(H,10,11). The Morgan fingerprint density at radius 1 is 1.57 bits per heavy atom. The monoisotopic (exact) mass is 192 g/mol. The maximum atomic E-state index is 10.5. The van der Waals surface area contributed by atoms with Gasteiger partial charge in [-0.05, 0) is 6.07 Å². The second-order valence-corrected chi connectivity index (χ2v) is 2.85. The van der Waals surface area contributed by atoms with Crippen molar-refractivity contribution in [1.29, 1.82) is 0 Å². The molecule has 0 aliphatic heterocycles. The molecule has 14 heavy (non-hydrogen) atoms. The van der Waals surface area contributed by atoms with E-state index in [9.17, 15) is 10.1 Å². The van der Waals surface area contributed by atoms with E-state index in [1.54, 1.807) is 6.07 Å². The van der Waals surface area contributed by atoms with E-state index < -0.39 is 4.92 Å². The number of aromatic amines is 1. The van der Waals surface area contributed by atoms with Gasteiger partial charge in [-0.2, -0.15) is 0 Å². The van der Waals surface area contributed by atoms with Crippen LogP contribution in [0.2, 0.25) is 0 Å². The van der Waals surface area contributed by atoms with Gasteiger partial charge in [-0.15, -0.1) is 0 Å². The molecule has 0 radical (unpaired) electrons. The number of hydrogen-bond acceptors (Lipinski definition) is 4. The number of nitro groups is 1. The molecule has 0 amide bonds. The maximum Gasteiger partial charge on any atom is 0.271 e. The molecule has 0 aliphatic rings. The molecule has 6 heteroatoms. The van der Waals surface area contributed by atoms with E-state index in [1.165, 1.54) is 12.1 Å². The van der Waals surface area contributed by atoms with E-state index in [-0.39, 0.29) is 5.69 Å². The minimum Gasteiger partial charge on any atom is -0.341 e. The zero-order chi connectivity index (χ0) is 10.1. The van der Waals surface area contributed by atoms with Crippen LogP contribution in [0.4, 0.5) is 5.69 Å². The molecular formula is C8H8N4O2. The van der Waals surface area contributed by atoms with Gasteiger partial charge in [0.05, 0.1) is 22.5 Å². The highest BCUT2D eigenvalue weighted by atomic mass is 16.6. The first-order chi connectivity index (χ1) is 6.70. The molecule has 1 aromatic heterocycles. The number of hydrogen-bond donors (Lipinski definition) is 2. The number of fused-ring (bicyclic) bond motifs is 1. The van der Waals surface area contributed by atoms with Gasteiger partial charge in [-0.25, -0.2) is 4.98 Å². The Hall–Kier alpha value is -1.95. The summed E-state index contributed by atoms with van der Waals surface area (Å²) in [7, 11) is 0. The molecular weight excluding hydrogens is 184 g/mol. The summed E-state index contributed by atoms with van der Waals surface area (Å²) in [6, 6.07) is 4.47. The van der Waals surface area contributed by atoms with Gasteiger partial charge in [0.25, 0.3) is 5.69 Å². The lowest BCUT2D eigenvalue weighted by atomic mass is 10.3. The fourth-order valence-electron chi connectivity index (χ4n) is 1.26. The van der Waals surface area contributed by atoms with Crippen molar-refractivity contribution >= 4 is 16.7 Å². The number of non-ortho nitro benzene ring substituents is 1. The maximum absolute atomic E-state index is 10.5. The molecule has 2 rings (SSSR count). The molecule has 0 aliphatic carbocycles. The van der Waals surface area contributed by atoms with Crippen LogP contribution >= 0.6 is 0 Å². The number of H-pyrrole nitrogens is 1. The molecule has 3 N–H and O–H groups in total. The zero-order valence-corrected chi connectivity index (χ0v) is 7.23. The molecule has 0 spiro atoms. The quantitative estimate of drug-likeness (QED) is 0.546. The number of imidazole rings is 1. The van der Waals surface area contributed by atoms with Gasteiger partial charge in [-0.1, -0.05) is 0 Å². The Balaban J connectivity index is 2.59. The Labute approximate surface area is 78.9 Å². The van der Waals surface area contributed by atoms with Crippen molar-refractivity contribution in [1.82, 2.24) is 9.97 Å². The van der Waals surface area contributed by atoms with Crippen molar-refractivity contribution in [2.75, 3.05) is 0 Å². The van der Waals surface area contributed by atoms with Crippen LogP contribution in [0.15, 0.2) is 18.2 Å². The van der Waals surface area contributed by atoms with Crippen LogP contribution in [0.3, 0.4) is 0 Å². The van der Waals surface area contributed by atoms with E-state index in [1.807, 2.05) is 0 Å². The predicted octanol–water partition coefficient (Wildman–Crippen LogP) is 0.930. The van der Waals surface area contributed by atoms with Gasteiger partial charge in [-0.3, -0.25) is 10.1 Å². The summed E-state index contributed by atoms with van der Waals surface area (Å²) in [5.74, 6) is 0.625. The summed E-state index contributed by atoms with van der Waals surface area (Å²) in [6.45, 7) is 0.294. The number of nitrogens with zero attached hydrogens (tertiary/aromatic N) is 2. The van der Waals surface area contributed by atoms with E-state index in [4.69, 9.17) is 5.73 Å². The fraction of sp³-hybridized carbons (Fsp3) is 0.125. The minimum atomic E-state index is -0.442. The Morgan fingerprint density at radius 3 is 3.00 bits per heavy atom. The Morgan fingerprint density at radius 2 is 2.36 bits per heavy atom. The highest BCUT2D eigenvalue weighted by Crippen LogP contribution is 2.18. The minimum absolute atomic E-state index is 0.0460. The number of nitrogens with two attached hydrogens (primary N) is 1. The van der Waals surface area contributed by atoms with Gasteiger partial charge < -0.3 is 10.7 Å². The van der Waals surface area contributed by atoms with Gasteiger partial charge in [0, 0.05) is 12.1 Å². The van der Waals surface area contributed by atoms with Crippen molar-refractivity contribution in [3.8, 4) is 0 Å². The van der Waals surface area contributed by atoms with Gasteiger partial charge in [0.2, 0.25) is 0 Å². The number of benzene rings is 1. The summed E-state index contributed by atoms with van der Waals surface area (Å²) in [6.07, 6.45) is 0. The summed E-state index contributed by atoms with van der Waals surface area (Å²) < 4.78 is 0. The highest BCUT2D eigenvalue weighted by molar-refractivity contribution is 5.77. The molecule has 0 atom stereocenters. The molecule has 72 valence electrons. The lowest BCUT2D eigenvalue weighted by Gasteiger charge is -1.89. The topological polar surface area (TPSA) is 97.8 Å².